The summed E-state index contributed by atoms with van der Waals surface area (Å²) in [5, 5.41) is 12.3. The van der Waals surface area contributed by atoms with Gasteiger partial charge >= 0.3 is 0 Å². The van der Waals surface area contributed by atoms with Crippen LogP contribution in [0.4, 0.5) is 0 Å². The van der Waals surface area contributed by atoms with Crippen molar-refractivity contribution < 1.29 is 9.53 Å². The van der Waals surface area contributed by atoms with Gasteiger partial charge in [0.1, 0.15) is 5.75 Å². The predicted molar refractivity (Wildman–Crippen MR) is 125 cm³/mol. The van der Waals surface area contributed by atoms with Gasteiger partial charge < -0.3 is 14.6 Å². The minimum absolute atomic E-state index is 0.0124. The standard InChI is InChI=1S/C24H30N4O2S/c1-5-6-15-28-22(20-11-13-21(30-4)14-12-20)26-27-24(28)31-18(3)23(29)25-16-19-9-7-17(2)8-10-19/h7-14,18H,5-6,15-16H2,1-4H3,(H,25,29). The number of nitrogens with zero attached hydrogens (tertiary/aromatic N) is 3. The molecule has 1 aromatic heterocycles. The van der Waals surface area contributed by atoms with Crippen molar-refractivity contribution >= 4 is 17.7 Å². The Morgan fingerprint density at radius 3 is 2.48 bits per heavy atom. The molecule has 1 unspecified atom stereocenters. The van der Waals surface area contributed by atoms with Gasteiger partial charge in [-0.25, -0.2) is 0 Å². The number of carbonyl (C=O) groups is 1. The molecule has 0 aliphatic rings. The van der Waals surface area contributed by atoms with Crippen molar-refractivity contribution in [1.29, 1.82) is 0 Å². The van der Waals surface area contributed by atoms with E-state index in [1.165, 1.54) is 17.3 Å². The Labute approximate surface area is 188 Å². The third-order valence-corrected chi connectivity index (χ3v) is 6.12. The molecule has 0 spiro atoms. The molecule has 31 heavy (non-hydrogen) atoms. The van der Waals surface area contributed by atoms with Crippen molar-refractivity contribution in [2.45, 2.75) is 57.1 Å². The second-order valence-corrected chi connectivity index (χ2v) is 8.81. The van der Waals surface area contributed by atoms with Gasteiger partial charge in [-0.15, -0.1) is 10.2 Å². The van der Waals surface area contributed by atoms with Gasteiger partial charge in [0.15, 0.2) is 11.0 Å². The topological polar surface area (TPSA) is 69.0 Å². The van der Waals surface area contributed by atoms with Gasteiger partial charge in [-0.05, 0) is 50.1 Å². The molecule has 0 aliphatic carbocycles. The van der Waals surface area contributed by atoms with Crippen LogP contribution in [0.2, 0.25) is 0 Å². The summed E-state index contributed by atoms with van der Waals surface area (Å²) >= 11 is 1.44. The van der Waals surface area contributed by atoms with E-state index >= 15 is 0 Å². The van der Waals surface area contributed by atoms with Crippen molar-refractivity contribution in [3.8, 4) is 17.1 Å². The van der Waals surface area contributed by atoms with Crippen molar-refractivity contribution in [3.05, 3.63) is 59.7 Å². The summed E-state index contributed by atoms with van der Waals surface area (Å²) in [4.78, 5) is 12.7. The molecule has 1 atom stereocenters. The summed E-state index contributed by atoms with van der Waals surface area (Å²) in [6, 6.07) is 16.0. The fourth-order valence-electron chi connectivity index (χ4n) is 3.10. The summed E-state index contributed by atoms with van der Waals surface area (Å²) in [6.45, 7) is 7.44. The molecule has 2 aromatic carbocycles. The molecule has 1 heterocycles. The molecule has 7 heteroatoms. The number of hydrogen-bond donors (Lipinski definition) is 1. The number of benzene rings is 2. The Hall–Kier alpha value is -2.80. The summed E-state index contributed by atoms with van der Waals surface area (Å²) in [5.74, 6) is 1.60. The van der Waals surface area contributed by atoms with Crippen molar-refractivity contribution in [2.24, 2.45) is 0 Å². The summed E-state index contributed by atoms with van der Waals surface area (Å²) in [6.07, 6.45) is 2.08. The minimum atomic E-state index is -0.279. The van der Waals surface area contributed by atoms with Crippen molar-refractivity contribution in [3.63, 3.8) is 0 Å². The van der Waals surface area contributed by atoms with Gasteiger partial charge in [0.2, 0.25) is 5.91 Å². The number of aromatic nitrogens is 3. The first kappa shape index (κ1) is 22.9. The molecule has 1 amide bonds. The molecule has 0 fully saturated rings. The molecule has 0 saturated heterocycles. The van der Waals surface area contributed by atoms with Crippen LogP contribution in [0.5, 0.6) is 5.75 Å². The van der Waals surface area contributed by atoms with Crippen LogP contribution in [0.15, 0.2) is 53.7 Å². The number of aryl methyl sites for hydroxylation is 1. The van der Waals surface area contributed by atoms with Crippen LogP contribution >= 0.6 is 11.8 Å². The lowest BCUT2D eigenvalue weighted by Gasteiger charge is -2.14. The van der Waals surface area contributed by atoms with Crippen LogP contribution in [0, 0.1) is 6.92 Å². The monoisotopic (exact) mass is 438 g/mol. The highest BCUT2D eigenvalue weighted by Crippen LogP contribution is 2.28. The maximum atomic E-state index is 12.7. The predicted octanol–water partition coefficient (Wildman–Crippen LogP) is 4.86. The lowest BCUT2D eigenvalue weighted by molar-refractivity contribution is -0.120. The van der Waals surface area contributed by atoms with E-state index in [4.69, 9.17) is 4.74 Å². The van der Waals surface area contributed by atoms with Crippen LogP contribution in [-0.2, 0) is 17.9 Å². The van der Waals surface area contributed by atoms with Crippen LogP contribution in [0.25, 0.3) is 11.4 Å². The van der Waals surface area contributed by atoms with Gasteiger partial charge in [-0.1, -0.05) is 54.9 Å². The van der Waals surface area contributed by atoms with Crippen molar-refractivity contribution in [2.75, 3.05) is 7.11 Å². The Morgan fingerprint density at radius 2 is 1.84 bits per heavy atom. The summed E-state index contributed by atoms with van der Waals surface area (Å²) < 4.78 is 7.36. The number of ether oxygens (including phenoxy) is 1. The van der Waals surface area contributed by atoms with E-state index in [0.717, 1.165) is 47.2 Å². The number of methoxy groups -OCH3 is 1. The Bertz CT molecular complexity index is 984. The zero-order valence-electron chi connectivity index (χ0n) is 18.6. The van der Waals surface area contributed by atoms with Crippen molar-refractivity contribution in [1.82, 2.24) is 20.1 Å². The number of thioether (sulfide) groups is 1. The molecule has 6 nitrogen and oxygen atoms in total. The zero-order chi connectivity index (χ0) is 22.2. The third-order valence-electron chi connectivity index (χ3n) is 5.04. The number of hydrogen-bond acceptors (Lipinski definition) is 5. The molecule has 0 saturated carbocycles. The quantitative estimate of drug-likeness (QED) is 0.458. The molecule has 0 radical (unpaired) electrons. The van der Waals surface area contributed by atoms with E-state index in [2.05, 4.69) is 46.1 Å². The first-order chi connectivity index (χ1) is 15.0. The highest BCUT2D eigenvalue weighted by molar-refractivity contribution is 8.00. The highest BCUT2D eigenvalue weighted by Gasteiger charge is 2.20. The van der Waals surface area contributed by atoms with Crippen LogP contribution in [-0.4, -0.2) is 33.0 Å². The van der Waals surface area contributed by atoms with E-state index in [9.17, 15) is 4.79 Å². The van der Waals surface area contributed by atoms with Gasteiger partial charge in [-0.2, -0.15) is 0 Å². The van der Waals surface area contributed by atoms with Crippen LogP contribution in [0.1, 0.15) is 37.8 Å². The molecule has 1 N–H and O–H groups in total. The number of carbonyl (C=O) groups excluding carboxylic acids is 1. The maximum Gasteiger partial charge on any atom is 0.233 e. The fraction of sp³-hybridized carbons (Fsp3) is 0.375. The second kappa shape index (κ2) is 11.0. The second-order valence-electron chi connectivity index (χ2n) is 7.50. The highest BCUT2D eigenvalue weighted by atomic mass is 32.2. The fourth-order valence-corrected chi connectivity index (χ4v) is 4.00. The Kier molecular flexibility index (Phi) is 8.12. The number of amides is 1. The Balaban J connectivity index is 1.70. The molecular formula is C24H30N4O2S. The van der Waals surface area contributed by atoms with E-state index in [1.54, 1.807) is 7.11 Å². The summed E-state index contributed by atoms with van der Waals surface area (Å²) in [5.41, 5.74) is 3.27. The number of unbranched alkanes of at least 4 members (excludes halogenated alkanes) is 1. The normalized spacial score (nSPS) is 11.9. The SMILES string of the molecule is CCCCn1c(SC(C)C(=O)NCc2ccc(C)cc2)nnc1-c1ccc(OC)cc1. The van der Waals surface area contributed by atoms with Gasteiger partial charge in [0, 0.05) is 18.7 Å². The minimum Gasteiger partial charge on any atom is -0.497 e. The van der Waals surface area contributed by atoms with E-state index in [1.807, 2.05) is 43.3 Å². The Morgan fingerprint density at radius 1 is 1.13 bits per heavy atom. The summed E-state index contributed by atoms with van der Waals surface area (Å²) in [7, 11) is 1.65. The lowest BCUT2D eigenvalue weighted by Crippen LogP contribution is -2.30. The lowest BCUT2D eigenvalue weighted by atomic mass is 10.1. The molecular weight excluding hydrogens is 408 g/mol. The average molecular weight is 439 g/mol. The van der Waals surface area contributed by atoms with E-state index in [-0.39, 0.29) is 11.2 Å². The molecule has 0 aliphatic heterocycles. The van der Waals surface area contributed by atoms with Crippen LogP contribution in [0.3, 0.4) is 0 Å². The van der Waals surface area contributed by atoms with Gasteiger partial charge in [-0.3, -0.25) is 4.79 Å². The first-order valence-electron chi connectivity index (χ1n) is 10.6. The van der Waals surface area contributed by atoms with Gasteiger partial charge in [0.25, 0.3) is 0 Å². The number of nitrogens with one attached hydrogen (secondary N) is 1. The van der Waals surface area contributed by atoms with E-state index < -0.39 is 0 Å². The van der Waals surface area contributed by atoms with Gasteiger partial charge in [0.05, 0.1) is 12.4 Å². The molecule has 164 valence electrons. The molecule has 0 bridgehead atoms. The third kappa shape index (κ3) is 6.10. The largest absolute Gasteiger partial charge is 0.497 e. The smallest absolute Gasteiger partial charge is 0.233 e. The number of rotatable bonds is 10. The zero-order valence-corrected chi connectivity index (χ0v) is 19.4. The average Bonchev–Trinajstić information content (AvgIpc) is 3.19. The molecule has 3 aromatic rings. The molecule has 3 rings (SSSR count). The van der Waals surface area contributed by atoms with Crippen LogP contribution < -0.4 is 10.1 Å². The van der Waals surface area contributed by atoms with E-state index in [0.29, 0.717) is 6.54 Å². The maximum absolute atomic E-state index is 12.7. The first-order valence-corrected chi connectivity index (χ1v) is 11.5.